The summed E-state index contributed by atoms with van der Waals surface area (Å²) in [5, 5.41) is 2.10. The molecule has 1 aliphatic heterocycles. The topological polar surface area (TPSA) is 35.0 Å². The Morgan fingerprint density at radius 3 is 2.83 bits per heavy atom. The van der Waals surface area contributed by atoms with Crippen molar-refractivity contribution in [2.75, 3.05) is 0 Å². The molecule has 4 aromatic rings. The van der Waals surface area contributed by atoms with Crippen molar-refractivity contribution < 1.29 is 9.13 Å². The van der Waals surface area contributed by atoms with Crippen LogP contribution in [0.2, 0.25) is 0 Å². The number of rotatable bonds is 0. The molecule has 4 heteroatoms. The van der Waals surface area contributed by atoms with Gasteiger partial charge in [0.15, 0.2) is 0 Å². The third kappa shape index (κ3) is 1.81. The summed E-state index contributed by atoms with van der Waals surface area (Å²) in [5.74, 6) is 0.373. The lowest BCUT2D eigenvalue weighted by atomic mass is 9.99. The SMILES string of the molecule is Fc1ccc2c(c1)-c1nc3cnc4ccccc4c3cc1CO2. The van der Waals surface area contributed by atoms with E-state index in [-0.39, 0.29) is 5.82 Å². The molecular formula is C19H11FN2O. The minimum absolute atomic E-state index is 0.293. The Morgan fingerprint density at radius 2 is 1.87 bits per heavy atom. The summed E-state index contributed by atoms with van der Waals surface area (Å²) in [6.07, 6.45) is 1.77. The van der Waals surface area contributed by atoms with Gasteiger partial charge in [0.1, 0.15) is 18.2 Å². The number of halogens is 1. The minimum atomic E-state index is -0.293. The van der Waals surface area contributed by atoms with Gasteiger partial charge in [-0.15, -0.1) is 0 Å². The summed E-state index contributed by atoms with van der Waals surface area (Å²) < 4.78 is 19.4. The maximum absolute atomic E-state index is 13.6. The van der Waals surface area contributed by atoms with E-state index < -0.39 is 0 Å². The van der Waals surface area contributed by atoms with Crippen LogP contribution in [0.15, 0.2) is 54.7 Å². The van der Waals surface area contributed by atoms with Crippen LogP contribution in [-0.4, -0.2) is 9.97 Å². The third-order valence-electron chi connectivity index (χ3n) is 4.23. The van der Waals surface area contributed by atoms with Gasteiger partial charge in [-0.2, -0.15) is 0 Å². The van der Waals surface area contributed by atoms with Gasteiger partial charge in [0.05, 0.1) is 22.9 Å². The normalized spacial score (nSPS) is 12.7. The highest BCUT2D eigenvalue weighted by Gasteiger charge is 2.20. The van der Waals surface area contributed by atoms with Crippen LogP contribution in [0.25, 0.3) is 33.1 Å². The van der Waals surface area contributed by atoms with Gasteiger partial charge in [-0.25, -0.2) is 9.37 Å². The second-order valence-electron chi connectivity index (χ2n) is 5.63. The third-order valence-corrected chi connectivity index (χ3v) is 4.23. The molecule has 0 fully saturated rings. The fraction of sp³-hybridized carbons (Fsp3) is 0.0526. The molecule has 2 aromatic heterocycles. The number of hydrogen-bond donors (Lipinski definition) is 0. The zero-order valence-corrected chi connectivity index (χ0v) is 12.1. The molecule has 2 aromatic carbocycles. The van der Waals surface area contributed by atoms with E-state index in [1.807, 2.05) is 24.3 Å². The number of ether oxygens (including phenoxy) is 1. The predicted octanol–water partition coefficient (Wildman–Crippen LogP) is 4.48. The van der Waals surface area contributed by atoms with Gasteiger partial charge in [0.25, 0.3) is 0 Å². The second kappa shape index (κ2) is 4.49. The van der Waals surface area contributed by atoms with Gasteiger partial charge >= 0.3 is 0 Å². The molecule has 0 N–H and O–H groups in total. The Balaban J connectivity index is 1.86. The highest BCUT2D eigenvalue weighted by Crippen LogP contribution is 2.38. The average molecular weight is 302 g/mol. The monoisotopic (exact) mass is 302 g/mol. The van der Waals surface area contributed by atoms with Gasteiger partial charge in [0.2, 0.25) is 0 Å². The van der Waals surface area contributed by atoms with E-state index in [2.05, 4.69) is 11.1 Å². The standard InChI is InChI=1S/C19H11FN2O/c20-12-5-6-18-15(8-12)19-11(10-23-18)7-14-13-3-1-2-4-16(13)21-9-17(14)22-19/h1-9H,10H2. The van der Waals surface area contributed by atoms with Crippen molar-refractivity contribution in [3.63, 3.8) is 0 Å². The Hall–Kier alpha value is -3.01. The number of fused-ring (bicyclic) bond motifs is 6. The summed E-state index contributed by atoms with van der Waals surface area (Å²) in [6.45, 7) is 0.438. The first-order valence-electron chi connectivity index (χ1n) is 7.40. The maximum Gasteiger partial charge on any atom is 0.129 e. The van der Waals surface area contributed by atoms with Crippen LogP contribution in [-0.2, 0) is 6.61 Å². The molecular weight excluding hydrogens is 291 g/mol. The Bertz CT molecular complexity index is 1090. The molecule has 0 atom stereocenters. The van der Waals surface area contributed by atoms with Gasteiger partial charge < -0.3 is 4.74 Å². The van der Waals surface area contributed by atoms with Crippen molar-refractivity contribution in [2.45, 2.75) is 6.61 Å². The number of nitrogens with zero attached hydrogens (tertiary/aromatic N) is 2. The molecule has 110 valence electrons. The highest BCUT2D eigenvalue weighted by atomic mass is 19.1. The molecule has 0 amide bonds. The van der Waals surface area contributed by atoms with Crippen molar-refractivity contribution in [1.82, 2.24) is 9.97 Å². The summed E-state index contributed by atoms with van der Waals surface area (Å²) in [6, 6.07) is 14.6. The minimum Gasteiger partial charge on any atom is -0.488 e. The van der Waals surface area contributed by atoms with E-state index in [0.29, 0.717) is 17.9 Å². The molecule has 0 radical (unpaired) electrons. The van der Waals surface area contributed by atoms with Gasteiger partial charge in [-0.05, 0) is 30.3 Å². The molecule has 1 aliphatic rings. The lowest BCUT2D eigenvalue weighted by Crippen LogP contribution is -2.07. The van der Waals surface area contributed by atoms with Crippen LogP contribution in [0.1, 0.15) is 5.56 Å². The molecule has 0 bridgehead atoms. The molecule has 0 saturated heterocycles. The van der Waals surface area contributed by atoms with E-state index >= 15 is 0 Å². The smallest absolute Gasteiger partial charge is 0.129 e. The predicted molar refractivity (Wildman–Crippen MR) is 86.8 cm³/mol. The van der Waals surface area contributed by atoms with Gasteiger partial charge in [-0.3, -0.25) is 4.98 Å². The molecule has 0 unspecified atom stereocenters. The number of pyridine rings is 2. The summed E-state index contributed by atoms with van der Waals surface area (Å²) in [5.41, 5.74) is 4.17. The first-order valence-corrected chi connectivity index (χ1v) is 7.40. The average Bonchev–Trinajstić information content (AvgIpc) is 2.60. The van der Waals surface area contributed by atoms with Crippen LogP contribution in [0.4, 0.5) is 4.39 Å². The fourth-order valence-electron chi connectivity index (χ4n) is 3.14. The van der Waals surface area contributed by atoms with Crippen molar-refractivity contribution in [3.8, 4) is 17.0 Å². The quantitative estimate of drug-likeness (QED) is 0.449. The van der Waals surface area contributed by atoms with Crippen molar-refractivity contribution >= 4 is 21.8 Å². The van der Waals surface area contributed by atoms with E-state index in [1.165, 1.54) is 12.1 Å². The molecule has 3 heterocycles. The second-order valence-corrected chi connectivity index (χ2v) is 5.63. The van der Waals surface area contributed by atoms with E-state index in [1.54, 1.807) is 12.3 Å². The van der Waals surface area contributed by atoms with Crippen LogP contribution in [0.3, 0.4) is 0 Å². The molecule has 23 heavy (non-hydrogen) atoms. The molecule has 0 aliphatic carbocycles. The van der Waals surface area contributed by atoms with Crippen LogP contribution < -0.4 is 4.74 Å². The largest absolute Gasteiger partial charge is 0.488 e. The van der Waals surface area contributed by atoms with Crippen LogP contribution in [0, 0.1) is 5.82 Å². The first kappa shape index (κ1) is 12.5. The first-order chi connectivity index (χ1) is 11.3. The Labute approximate surface area is 131 Å². The van der Waals surface area contributed by atoms with Crippen molar-refractivity contribution in [2.24, 2.45) is 0 Å². The molecule has 0 spiro atoms. The van der Waals surface area contributed by atoms with Gasteiger partial charge in [0, 0.05) is 21.9 Å². The summed E-state index contributed by atoms with van der Waals surface area (Å²) in [4.78, 5) is 9.20. The lowest BCUT2D eigenvalue weighted by Gasteiger charge is -2.20. The maximum atomic E-state index is 13.6. The molecule has 0 saturated carbocycles. The fourth-order valence-corrected chi connectivity index (χ4v) is 3.14. The zero-order chi connectivity index (χ0) is 15.4. The van der Waals surface area contributed by atoms with E-state index in [0.717, 1.165) is 33.1 Å². The van der Waals surface area contributed by atoms with Crippen LogP contribution >= 0.6 is 0 Å². The van der Waals surface area contributed by atoms with Crippen molar-refractivity contribution in [3.05, 3.63) is 66.1 Å². The van der Waals surface area contributed by atoms with Gasteiger partial charge in [-0.1, -0.05) is 18.2 Å². The number of para-hydroxylation sites is 1. The van der Waals surface area contributed by atoms with E-state index in [9.17, 15) is 4.39 Å². The number of hydrogen-bond acceptors (Lipinski definition) is 3. The van der Waals surface area contributed by atoms with E-state index in [4.69, 9.17) is 9.72 Å². The summed E-state index contributed by atoms with van der Waals surface area (Å²) >= 11 is 0. The molecule has 3 nitrogen and oxygen atoms in total. The number of aromatic nitrogens is 2. The van der Waals surface area contributed by atoms with Crippen molar-refractivity contribution in [1.29, 1.82) is 0 Å². The summed E-state index contributed by atoms with van der Waals surface area (Å²) in [7, 11) is 0. The number of benzene rings is 2. The Kier molecular flexibility index (Phi) is 2.45. The highest BCUT2D eigenvalue weighted by molar-refractivity contribution is 6.05. The zero-order valence-electron chi connectivity index (χ0n) is 12.1. The lowest BCUT2D eigenvalue weighted by molar-refractivity contribution is 0.301. The molecule has 5 rings (SSSR count). The van der Waals surface area contributed by atoms with Crippen LogP contribution in [0.5, 0.6) is 5.75 Å². The Morgan fingerprint density at radius 1 is 0.957 bits per heavy atom.